The van der Waals surface area contributed by atoms with Crippen molar-refractivity contribution in [2.45, 2.75) is 39.7 Å². The smallest absolute Gasteiger partial charge is 0.278 e. The van der Waals surface area contributed by atoms with Crippen LogP contribution >= 0.6 is 0 Å². The fourth-order valence-electron chi connectivity index (χ4n) is 3.29. The third-order valence-corrected chi connectivity index (χ3v) is 4.78. The quantitative estimate of drug-likeness (QED) is 0.454. The molecule has 2 amide bonds. The summed E-state index contributed by atoms with van der Waals surface area (Å²) < 4.78 is 33.1. The van der Waals surface area contributed by atoms with E-state index < -0.39 is 12.5 Å². The van der Waals surface area contributed by atoms with Crippen molar-refractivity contribution in [2.24, 2.45) is 0 Å². The van der Waals surface area contributed by atoms with Crippen LogP contribution in [-0.2, 0) is 22.6 Å². The van der Waals surface area contributed by atoms with Crippen LogP contribution < -0.4 is 15.4 Å². The minimum absolute atomic E-state index is 0.0936. The molecule has 8 nitrogen and oxygen atoms in total. The highest BCUT2D eigenvalue weighted by molar-refractivity contribution is 5.86. The Morgan fingerprint density at radius 1 is 1.18 bits per heavy atom. The van der Waals surface area contributed by atoms with Gasteiger partial charge in [-0.1, -0.05) is 12.1 Å². The molecule has 176 valence electrons. The van der Waals surface area contributed by atoms with Crippen LogP contribution in [0, 0.1) is 6.92 Å². The number of pyridine rings is 1. The Balaban J connectivity index is 1.66. The number of benzene rings is 1. The van der Waals surface area contributed by atoms with Gasteiger partial charge in [-0.05, 0) is 30.2 Å². The van der Waals surface area contributed by atoms with Gasteiger partial charge in [0.15, 0.2) is 6.61 Å². The number of carbonyl (C=O) groups excluding carboxylic acids is 2. The Morgan fingerprint density at radius 3 is 2.64 bits per heavy atom. The summed E-state index contributed by atoms with van der Waals surface area (Å²) >= 11 is 0. The highest BCUT2D eigenvalue weighted by Crippen LogP contribution is 2.23. The van der Waals surface area contributed by atoms with Gasteiger partial charge in [0.1, 0.15) is 5.75 Å². The van der Waals surface area contributed by atoms with Crippen molar-refractivity contribution in [3.63, 3.8) is 0 Å². The van der Waals surface area contributed by atoms with E-state index in [1.54, 1.807) is 29.9 Å². The number of ether oxygens (including phenoxy) is 1. The van der Waals surface area contributed by atoms with E-state index in [9.17, 15) is 18.4 Å². The zero-order chi connectivity index (χ0) is 24.0. The highest BCUT2D eigenvalue weighted by Gasteiger charge is 2.22. The number of fused-ring (bicyclic) bond motifs is 1. The Labute approximate surface area is 190 Å². The van der Waals surface area contributed by atoms with Crippen LogP contribution in [0.4, 0.5) is 8.78 Å². The second kappa shape index (κ2) is 10.4. The predicted octanol–water partition coefficient (Wildman–Crippen LogP) is 2.62. The van der Waals surface area contributed by atoms with Crippen LogP contribution in [0.25, 0.3) is 10.9 Å². The average molecular weight is 459 g/mol. The molecule has 0 bridgehead atoms. The molecule has 2 heterocycles. The lowest BCUT2D eigenvalue weighted by atomic mass is 10.1. The first kappa shape index (κ1) is 24.1. The summed E-state index contributed by atoms with van der Waals surface area (Å²) in [7, 11) is 0. The van der Waals surface area contributed by atoms with Gasteiger partial charge in [0.25, 0.3) is 5.92 Å². The van der Waals surface area contributed by atoms with E-state index in [1.165, 1.54) is 6.92 Å². The molecule has 0 aliphatic rings. The number of halogens is 2. The SMILES string of the molecule is CC(=O)NCCNC(=O)Cc1nccc2nn(Cc3ccc(OCC(C)(F)F)c(C)c3)cc12. The van der Waals surface area contributed by atoms with Gasteiger partial charge >= 0.3 is 0 Å². The largest absolute Gasteiger partial charge is 0.487 e. The predicted molar refractivity (Wildman–Crippen MR) is 119 cm³/mol. The molecule has 33 heavy (non-hydrogen) atoms. The average Bonchev–Trinajstić information content (AvgIpc) is 3.13. The van der Waals surface area contributed by atoms with Crippen LogP contribution in [0.5, 0.6) is 5.75 Å². The molecule has 1 aromatic carbocycles. The van der Waals surface area contributed by atoms with Crippen LogP contribution in [-0.4, -0.2) is 52.2 Å². The lowest BCUT2D eigenvalue weighted by Gasteiger charge is -2.14. The zero-order valence-electron chi connectivity index (χ0n) is 18.8. The van der Waals surface area contributed by atoms with Crippen molar-refractivity contribution in [3.8, 4) is 5.75 Å². The molecule has 0 unspecified atom stereocenters. The molecule has 2 aromatic heterocycles. The number of carbonyl (C=O) groups is 2. The minimum atomic E-state index is -2.89. The highest BCUT2D eigenvalue weighted by atomic mass is 19.3. The third-order valence-electron chi connectivity index (χ3n) is 4.78. The fourth-order valence-corrected chi connectivity index (χ4v) is 3.29. The Bertz CT molecular complexity index is 1140. The van der Waals surface area contributed by atoms with E-state index in [2.05, 4.69) is 20.7 Å². The van der Waals surface area contributed by atoms with Crippen molar-refractivity contribution in [1.82, 2.24) is 25.4 Å². The molecule has 0 aliphatic carbocycles. The van der Waals surface area contributed by atoms with Crippen LogP contribution in [0.15, 0.2) is 36.7 Å². The van der Waals surface area contributed by atoms with E-state index in [0.29, 0.717) is 36.6 Å². The van der Waals surface area contributed by atoms with Crippen molar-refractivity contribution >= 4 is 22.7 Å². The summed E-state index contributed by atoms with van der Waals surface area (Å²) in [6, 6.07) is 7.14. The fraction of sp³-hybridized carbons (Fsp3) is 0.391. The molecule has 2 N–H and O–H groups in total. The van der Waals surface area contributed by atoms with Crippen molar-refractivity contribution in [1.29, 1.82) is 0 Å². The van der Waals surface area contributed by atoms with Gasteiger partial charge in [-0.15, -0.1) is 0 Å². The normalized spacial score (nSPS) is 11.4. The molecule has 0 saturated heterocycles. The van der Waals surface area contributed by atoms with Gasteiger partial charge in [0.2, 0.25) is 11.8 Å². The van der Waals surface area contributed by atoms with Crippen LogP contribution in [0.1, 0.15) is 30.7 Å². The first-order valence-corrected chi connectivity index (χ1v) is 10.5. The number of aromatic nitrogens is 3. The van der Waals surface area contributed by atoms with E-state index in [-0.39, 0.29) is 18.2 Å². The van der Waals surface area contributed by atoms with E-state index >= 15 is 0 Å². The maximum atomic E-state index is 13.0. The van der Waals surface area contributed by atoms with Crippen molar-refractivity contribution < 1.29 is 23.1 Å². The minimum Gasteiger partial charge on any atom is -0.487 e. The monoisotopic (exact) mass is 459 g/mol. The number of hydrogen-bond donors (Lipinski definition) is 2. The Morgan fingerprint density at radius 2 is 1.94 bits per heavy atom. The maximum Gasteiger partial charge on any atom is 0.278 e. The number of hydrogen-bond acceptors (Lipinski definition) is 5. The third kappa shape index (κ3) is 7.23. The molecule has 0 spiro atoms. The number of aryl methyl sites for hydroxylation is 1. The molecule has 0 atom stereocenters. The first-order valence-electron chi connectivity index (χ1n) is 10.5. The molecule has 3 aromatic rings. The van der Waals surface area contributed by atoms with Gasteiger partial charge in [0, 0.05) is 44.7 Å². The molecule has 10 heteroatoms. The van der Waals surface area contributed by atoms with Gasteiger partial charge in [0.05, 0.1) is 24.2 Å². The Hall–Kier alpha value is -3.56. The Kier molecular flexibility index (Phi) is 7.57. The van der Waals surface area contributed by atoms with Gasteiger partial charge in [-0.25, -0.2) is 8.78 Å². The number of nitrogens with zero attached hydrogens (tertiary/aromatic N) is 3. The molecular weight excluding hydrogens is 432 g/mol. The van der Waals surface area contributed by atoms with Crippen LogP contribution in [0.3, 0.4) is 0 Å². The number of amides is 2. The maximum absolute atomic E-state index is 13.0. The second-order valence-electron chi connectivity index (χ2n) is 7.99. The van der Waals surface area contributed by atoms with Crippen LogP contribution in [0.2, 0.25) is 0 Å². The number of rotatable bonds is 10. The van der Waals surface area contributed by atoms with Crippen molar-refractivity contribution in [2.75, 3.05) is 19.7 Å². The summed E-state index contributed by atoms with van der Waals surface area (Å²) in [6.07, 6.45) is 3.54. The van der Waals surface area contributed by atoms with E-state index in [4.69, 9.17) is 4.74 Å². The topological polar surface area (TPSA) is 98.1 Å². The molecule has 0 fully saturated rings. The van der Waals surface area contributed by atoms with Gasteiger partial charge < -0.3 is 15.4 Å². The van der Waals surface area contributed by atoms with Crippen molar-refractivity contribution in [3.05, 3.63) is 53.5 Å². The number of alkyl halides is 2. The summed E-state index contributed by atoms with van der Waals surface area (Å²) in [5, 5.41) is 10.7. The lowest BCUT2D eigenvalue weighted by Crippen LogP contribution is -2.34. The molecule has 0 radical (unpaired) electrons. The molecular formula is C23H27F2N5O3. The summed E-state index contributed by atoms with van der Waals surface area (Å²) in [4.78, 5) is 27.4. The summed E-state index contributed by atoms with van der Waals surface area (Å²) in [5.74, 6) is -2.82. The summed E-state index contributed by atoms with van der Waals surface area (Å²) in [6.45, 7) is 4.53. The molecule has 3 rings (SSSR count). The molecule has 0 aliphatic heterocycles. The van der Waals surface area contributed by atoms with E-state index in [1.807, 2.05) is 18.3 Å². The summed E-state index contributed by atoms with van der Waals surface area (Å²) in [5.41, 5.74) is 3.01. The first-order chi connectivity index (χ1) is 15.6. The number of nitrogens with one attached hydrogen (secondary N) is 2. The van der Waals surface area contributed by atoms with E-state index in [0.717, 1.165) is 23.4 Å². The standard InChI is InChI=1S/C23H27F2N5O3/c1-15-10-17(4-5-21(15)33-14-23(3,24)25)12-30-13-18-19(29-30)6-7-27-20(18)11-22(32)28-9-8-26-16(2)31/h4-7,10,13H,8-9,11-12,14H2,1-3H3,(H,26,31)(H,28,32). The van der Waals surface area contributed by atoms with Gasteiger partial charge in [-0.2, -0.15) is 5.10 Å². The molecule has 0 saturated carbocycles. The lowest BCUT2D eigenvalue weighted by molar-refractivity contribution is -0.121. The van der Waals surface area contributed by atoms with Gasteiger partial charge in [-0.3, -0.25) is 19.3 Å². The second-order valence-corrected chi connectivity index (χ2v) is 7.99. The zero-order valence-corrected chi connectivity index (χ0v) is 18.8.